The van der Waals surface area contributed by atoms with Crippen LogP contribution in [0, 0.1) is 0 Å². The van der Waals surface area contributed by atoms with E-state index in [0.717, 1.165) is 11.4 Å². The van der Waals surface area contributed by atoms with Gasteiger partial charge in [-0.05, 0) is 26.0 Å². The van der Waals surface area contributed by atoms with Gasteiger partial charge in [0.05, 0.1) is 11.4 Å². The standard InChI is InChI=1S/C11H12N2O/c1-8(2)13-10-7-5-3-4-6-9(10)12-11(13)14/h3-8H,1-2H3. The lowest BCUT2D eigenvalue weighted by atomic mass is 10.3. The van der Waals surface area contributed by atoms with Crippen LogP contribution in [0.2, 0.25) is 0 Å². The minimum atomic E-state index is -0.166. The Hall–Kier alpha value is -1.64. The second-order valence-corrected chi connectivity index (χ2v) is 3.54. The molecule has 0 aromatic heterocycles. The Morgan fingerprint density at radius 2 is 1.93 bits per heavy atom. The zero-order chi connectivity index (χ0) is 10.1. The molecule has 1 aliphatic carbocycles. The number of imidazole rings is 1. The summed E-state index contributed by atoms with van der Waals surface area (Å²) >= 11 is 0. The number of fused-ring (bicyclic) bond motifs is 1. The molecule has 0 amide bonds. The van der Waals surface area contributed by atoms with E-state index >= 15 is 0 Å². The van der Waals surface area contributed by atoms with Gasteiger partial charge in [0.15, 0.2) is 0 Å². The van der Waals surface area contributed by atoms with Crippen LogP contribution in [0.1, 0.15) is 19.9 Å². The Kier molecular flexibility index (Phi) is 2.08. The maximum atomic E-state index is 11.5. The maximum absolute atomic E-state index is 11.5. The van der Waals surface area contributed by atoms with Gasteiger partial charge in [0.25, 0.3) is 0 Å². The molecular formula is C11H12N2O. The Bertz CT molecular complexity index is 473. The summed E-state index contributed by atoms with van der Waals surface area (Å²) in [7, 11) is 0. The van der Waals surface area contributed by atoms with Gasteiger partial charge >= 0.3 is 5.69 Å². The topological polar surface area (TPSA) is 34.9 Å². The highest BCUT2D eigenvalue weighted by atomic mass is 16.1. The largest absolute Gasteiger partial charge is 0.348 e. The molecule has 0 aromatic carbocycles. The second kappa shape index (κ2) is 3.25. The Labute approximate surface area is 82.4 Å². The fraction of sp³-hybridized carbons (Fsp3) is 0.273. The van der Waals surface area contributed by atoms with Crippen molar-refractivity contribution >= 4 is 0 Å². The average molecular weight is 188 g/mol. The lowest BCUT2D eigenvalue weighted by Gasteiger charge is -2.07. The molecule has 3 nitrogen and oxygen atoms in total. The first kappa shape index (κ1) is 8.94. The van der Waals surface area contributed by atoms with Crippen molar-refractivity contribution in [2.45, 2.75) is 19.9 Å². The van der Waals surface area contributed by atoms with E-state index in [4.69, 9.17) is 0 Å². The van der Waals surface area contributed by atoms with E-state index < -0.39 is 0 Å². The molecule has 0 saturated carbocycles. The van der Waals surface area contributed by atoms with E-state index in [1.807, 2.05) is 44.2 Å². The quantitative estimate of drug-likeness (QED) is 0.685. The molecule has 2 rings (SSSR count). The first-order valence-corrected chi connectivity index (χ1v) is 4.67. The van der Waals surface area contributed by atoms with Crippen molar-refractivity contribution in [1.82, 2.24) is 9.55 Å². The van der Waals surface area contributed by atoms with Gasteiger partial charge < -0.3 is 0 Å². The smallest absolute Gasteiger partial charge is 0.288 e. The van der Waals surface area contributed by atoms with Gasteiger partial charge in [-0.3, -0.25) is 4.57 Å². The molecular weight excluding hydrogens is 176 g/mol. The molecule has 0 fully saturated rings. The number of hydrogen-bond acceptors (Lipinski definition) is 2. The Balaban J connectivity index is 2.78. The molecule has 2 aliphatic rings. The third kappa shape index (κ3) is 1.31. The van der Waals surface area contributed by atoms with Crippen LogP contribution in [0.4, 0.5) is 0 Å². The van der Waals surface area contributed by atoms with E-state index in [-0.39, 0.29) is 11.7 Å². The van der Waals surface area contributed by atoms with Crippen molar-refractivity contribution in [3.05, 3.63) is 40.8 Å². The van der Waals surface area contributed by atoms with E-state index in [9.17, 15) is 4.79 Å². The summed E-state index contributed by atoms with van der Waals surface area (Å²) in [5, 5.41) is 0. The SMILES string of the molecule is CC(C)n1c2cccccc-2nc1=O. The monoisotopic (exact) mass is 188 g/mol. The highest BCUT2D eigenvalue weighted by Gasteiger charge is 2.13. The normalized spacial score (nSPS) is 11.1. The first-order chi connectivity index (χ1) is 6.70. The van der Waals surface area contributed by atoms with Crippen LogP contribution in [-0.2, 0) is 0 Å². The molecule has 0 atom stereocenters. The molecule has 0 saturated heterocycles. The van der Waals surface area contributed by atoms with Crippen molar-refractivity contribution in [2.24, 2.45) is 0 Å². The molecule has 0 radical (unpaired) electrons. The number of hydrogen-bond donors (Lipinski definition) is 0. The van der Waals surface area contributed by atoms with E-state index in [2.05, 4.69) is 4.98 Å². The lowest BCUT2D eigenvalue weighted by Crippen LogP contribution is -2.18. The highest BCUT2D eigenvalue weighted by Crippen LogP contribution is 2.18. The molecule has 1 heterocycles. The van der Waals surface area contributed by atoms with E-state index in [0.29, 0.717) is 0 Å². The lowest BCUT2D eigenvalue weighted by molar-refractivity contribution is 0.587. The van der Waals surface area contributed by atoms with Gasteiger partial charge in [0.1, 0.15) is 0 Å². The summed E-state index contributed by atoms with van der Waals surface area (Å²) in [5.74, 6) is 0. The third-order valence-electron chi connectivity index (χ3n) is 2.19. The Morgan fingerprint density at radius 3 is 2.64 bits per heavy atom. The van der Waals surface area contributed by atoms with Crippen molar-refractivity contribution in [3.63, 3.8) is 0 Å². The van der Waals surface area contributed by atoms with Crippen LogP contribution >= 0.6 is 0 Å². The van der Waals surface area contributed by atoms with Crippen LogP contribution in [0.25, 0.3) is 11.4 Å². The van der Waals surface area contributed by atoms with Gasteiger partial charge in [-0.25, -0.2) is 4.79 Å². The van der Waals surface area contributed by atoms with Gasteiger partial charge in [-0.15, -0.1) is 0 Å². The minimum absolute atomic E-state index is 0.148. The highest BCUT2D eigenvalue weighted by molar-refractivity contribution is 5.55. The summed E-state index contributed by atoms with van der Waals surface area (Å²) in [6, 6.07) is 9.66. The van der Waals surface area contributed by atoms with Crippen LogP contribution in [0.15, 0.2) is 35.1 Å². The number of aromatic nitrogens is 2. The predicted octanol–water partition coefficient (Wildman–Crippen LogP) is 1.93. The molecule has 0 aromatic rings. The van der Waals surface area contributed by atoms with Gasteiger partial charge in [-0.2, -0.15) is 4.98 Å². The van der Waals surface area contributed by atoms with Crippen molar-refractivity contribution in [3.8, 4) is 11.4 Å². The van der Waals surface area contributed by atoms with Crippen LogP contribution in [0.5, 0.6) is 0 Å². The number of rotatable bonds is 1. The summed E-state index contributed by atoms with van der Waals surface area (Å²) in [5.41, 5.74) is 1.49. The Morgan fingerprint density at radius 1 is 1.21 bits per heavy atom. The summed E-state index contributed by atoms with van der Waals surface area (Å²) in [6.07, 6.45) is 0. The average Bonchev–Trinajstić information content (AvgIpc) is 2.31. The minimum Gasteiger partial charge on any atom is -0.288 e. The predicted molar refractivity (Wildman–Crippen MR) is 55.5 cm³/mol. The zero-order valence-electron chi connectivity index (χ0n) is 8.27. The molecule has 0 N–H and O–H groups in total. The summed E-state index contributed by atoms with van der Waals surface area (Å²) in [4.78, 5) is 15.5. The summed E-state index contributed by atoms with van der Waals surface area (Å²) < 4.78 is 1.70. The van der Waals surface area contributed by atoms with Gasteiger partial charge in [0, 0.05) is 6.04 Å². The van der Waals surface area contributed by atoms with Crippen LogP contribution in [-0.4, -0.2) is 9.55 Å². The van der Waals surface area contributed by atoms with E-state index in [1.54, 1.807) is 4.57 Å². The zero-order valence-corrected chi connectivity index (χ0v) is 8.27. The van der Waals surface area contributed by atoms with Crippen LogP contribution in [0.3, 0.4) is 0 Å². The second-order valence-electron chi connectivity index (χ2n) is 3.54. The molecule has 3 heteroatoms. The van der Waals surface area contributed by atoms with Gasteiger partial charge in [0.2, 0.25) is 0 Å². The molecule has 14 heavy (non-hydrogen) atoms. The maximum Gasteiger partial charge on any atom is 0.348 e. The first-order valence-electron chi connectivity index (χ1n) is 4.67. The van der Waals surface area contributed by atoms with Crippen molar-refractivity contribution in [1.29, 1.82) is 0 Å². The molecule has 0 bridgehead atoms. The summed E-state index contributed by atoms with van der Waals surface area (Å²) in [6.45, 7) is 3.96. The van der Waals surface area contributed by atoms with Crippen molar-refractivity contribution in [2.75, 3.05) is 0 Å². The molecule has 72 valence electrons. The third-order valence-corrected chi connectivity index (χ3v) is 2.19. The molecule has 1 aliphatic heterocycles. The van der Waals surface area contributed by atoms with Crippen molar-refractivity contribution < 1.29 is 0 Å². The fourth-order valence-electron chi connectivity index (χ4n) is 1.59. The van der Waals surface area contributed by atoms with Crippen LogP contribution < -0.4 is 5.69 Å². The van der Waals surface area contributed by atoms with Gasteiger partial charge in [-0.1, -0.05) is 18.2 Å². The fourth-order valence-corrected chi connectivity index (χ4v) is 1.59. The molecule has 0 spiro atoms. The van der Waals surface area contributed by atoms with E-state index in [1.165, 1.54) is 0 Å². The molecule has 0 unspecified atom stereocenters. The number of nitrogens with zero attached hydrogens (tertiary/aromatic N) is 2.